The standard InChI is InChI=1S/C16H26N4/c1-9-14(17)16(20(3)18-9)19(2)15-12-5-10-4-11(7-12)8-13(15)6-10/h10-13,15H,4-8,17H2,1-3H3. The van der Waals surface area contributed by atoms with Crippen molar-refractivity contribution in [3.63, 3.8) is 0 Å². The van der Waals surface area contributed by atoms with Crippen LogP contribution in [0.5, 0.6) is 0 Å². The lowest BCUT2D eigenvalue weighted by Gasteiger charge is -2.57. The van der Waals surface area contributed by atoms with E-state index in [9.17, 15) is 0 Å². The van der Waals surface area contributed by atoms with Gasteiger partial charge in [0.05, 0.1) is 11.4 Å². The number of nitrogens with two attached hydrogens (primary N) is 1. The van der Waals surface area contributed by atoms with E-state index in [-0.39, 0.29) is 0 Å². The van der Waals surface area contributed by atoms with Crippen LogP contribution in [0.4, 0.5) is 11.5 Å². The van der Waals surface area contributed by atoms with Crippen molar-refractivity contribution in [1.29, 1.82) is 0 Å². The van der Waals surface area contributed by atoms with E-state index >= 15 is 0 Å². The SMILES string of the molecule is Cc1nn(C)c(N(C)C2C3CC4CC(C3)CC2C4)c1N. The van der Waals surface area contributed by atoms with Crippen LogP contribution in [-0.2, 0) is 7.05 Å². The van der Waals surface area contributed by atoms with E-state index in [0.717, 1.165) is 40.9 Å². The Hall–Kier alpha value is -1.19. The van der Waals surface area contributed by atoms with Crippen LogP contribution >= 0.6 is 0 Å². The van der Waals surface area contributed by atoms with Crippen molar-refractivity contribution in [3.8, 4) is 0 Å². The predicted octanol–water partition coefficient (Wildman–Crippen LogP) is 2.57. The number of aryl methyl sites for hydroxylation is 2. The quantitative estimate of drug-likeness (QED) is 0.901. The van der Waals surface area contributed by atoms with Crippen LogP contribution in [0.25, 0.3) is 0 Å². The first-order valence-corrected chi connectivity index (χ1v) is 8.06. The normalized spacial score (nSPS) is 38.5. The molecule has 1 heterocycles. The van der Waals surface area contributed by atoms with Crippen LogP contribution in [0.3, 0.4) is 0 Å². The fraction of sp³-hybridized carbons (Fsp3) is 0.812. The third kappa shape index (κ3) is 1.63. The Morgan fingerprint density at radius 1 is 1.10 bits per heavy atom. The summed E-state index contributed by atoms with van der Waals surface area (Å²) in [6.07, 6.45) is 7.28. The fourth-order valence-corrected chi connectivity index (χ4v) is 5.75. The summed E-state index contributed by atoms with van der Waals surface area (Å²) in [6.45, 7) is 2.00. The van der Waals surface area contributed by atoms with E-state index in [1.54, 1.807) is 0 Å². The second-order valence-electron chi connectivity index (χ2n) is 7.48. The second kappa shape index (κ2) is 4.15. The Bertz CT molecular complexity index is 505. The minimum atomic E-state index is 0.680. The zero-order valence-corrected chi connectivity index (χ0v) is 12.8. The molecule has 0 spiro atoms. The first-order valence-electron chi connectivity index (χ1n) is 8.06. The molecule has 0 saturated heterocycles. The highest BCUT2D eigenvalue weighted by Gasteiger charge is 2.50. The average molecular weight is 274 g/mol. The van der Waals surface area contributed by atoms with Crippen LogP contribution in [0, 0.1) is 30.6 Å². The molecule has 20 heavy (non-hydrogen) atoms. The van der Waals surface area contributed by atoms with E-state index in [1.807, 2.05) is 18.7 Å². The number of hydrogen-bond donors (Lipinski definition) is 1. The maximum atomic E-state index is 6.27. The van der Waals surface area contributed by atoms with Gasteiger partial charge in [-0.25, -0.2) is 0 Å². The van der Waals surface area contributed by atoms with Gasteiger partial charge in [0.1, 0.15) is 5.82 Å². The predicted molar refractivity (Wildman–Crippen MR) is 81.6 cm³/mol. The van der Waals surface area contributed by atoms with E-state index in [0.29, 0.717) is 6.04 Å². The van der Waals surface area contributed by atoms with Crippen molar-refractivity contribution in [1.82, 2.24) is 9.78 Å². The summed E-state index contributed by atoms with van der Waals surface area (Å²) in [7, 11) is 4.25. The van der Waals surface area contributed by atoms with Gasteiger partial charge in [0.15, 0.2) is 0 Å². The van der Waals surface area contributed by atoms with Gasteiger partial charge in [0.25, 0.3) is 0 Å². The monoisotopic (exact) mass is 274 g/mol. The molecule has 0 aliphatic heterocycles. The maximum Gasteiger partial charge on any atom is 0.150 e. The van der Waals surface area contributed by atoms with E-state index in [2.05, 4.69) is 17.0 Å². The highest BCUT2D eigenvalue weighted by Crippen LogP contribution is 2.55. The molecular weight excluding hydrogens is 248 g/mol. The van der Waals surface area contributed by atoms with Gasteiger partial charge < -0.3 is 10.6 Å². The molecule has 0 unspecified atom stereocenters. The molecular formula is C16H26N4. The molecule has 4 fully saturated rings. The van der Waals surface area contributed by atoms with Crippen LogP contribution in [0.15, 0.2) is 0 Å². The summed E-state index contributed by atoms with van der Waals surface area (Å²) in [6, 6.07) is 0.680. The third-order valence-electron chi connectivity index (χ3n) is 6.20. The summed E-state index contributed by atoms with van der Waals surface area (Å²) in [5.74, 6) is 4.93. The molecule has 1 aromatic rings. The molecule has 0 amide bonds. The third-order valence-corrected chi connectivity index (χ3v) is 6.20. The van der Waals surface area contributed by atoms with Gasteiger partial charge in [0, 0.05) is 20.1 Å². The van der Waals surface area contributed by atoms with Gasteiger partial charge >= 0.3 is 0 Å². The van der Waals surface area contributed by atoms with Crippen LogP contribution in [0.2, 0.25) is 0 Å². The molecule has 4 aliphatic rings. The molecule has 2 N–H and O–H groups in total. The maximum absolute atomic E-state index is 6.27. The molecule has 4 saturated carbocycles. The molecule has 5 rings (SSSR count). The van der Waals surface area contributed by atoms with Gasteiger partial charge in [-0.2, -0.15) is 5.10 Å². The summed E-state index contributed by atoms with van der Waals surface area (Å²) in [5, 5.41) is 4.49. The Kier molecular flexibility index (Phi) is 2.60. The Morgan fingerprint density at radius 3 is 2.10 bits per heavy atom. The number of nitrogens with zero attached hydrogens (tertiary/aromatic N) is 3. The zero-order chi connectivity index (χ0) is 14.0. The molecule has 1 aromatic heterocycles. The van der Waals surface area contributed by atoms with Gasteiger partial charge in [-0.15, -0.1) is 0 Å². The average Bonchev–Trinajstić information content (AvgIpc) is 2.61. The van der Waals surface area contributed by atoms with E-state index < -0.39 is 0 Å². The topological polar surface area (TPSA) is 47.1 Å². The number of anilines is 2. The largest absolute Gasteiger partial charge is 0.394 e. The highest BCUT2D eigenvalue weighted by atomic mass is 15.4. The lowest BCUT2D eigenvalue weighted by atomic mass is 9.54. The number of hydrogen-bond acceptors (Lipinski definition) is 3. The molecule has 4 heteroatoms. The van der Waals surface area contributed by atoms with Gasteiger partial charge in [-0.3, -0.25) is 4.68 Å². The first kappa shape index (κ1) is 12.5. The van der Waals surface area contributed by atoms with Gasteiger partial charge in [-0.1, -0.05) is 0 Å². The van der Waals surface area contributed by atoms with Crippen LogP contribution in [-0.4, -0.2) is 22.9 Å². The molecule has 0 atom stereocenters. The van der Waals surface area contributed by atoms with Crippen LogP contribution < -0.4 is 10.6 Å². The highest BCUT2D eigenvalue weighted by molar-refractivity contribution is 5.66. The van der Waals surface area contributed by atoms with Gasteiger partial charge in [-0.05, 0) is 62.7 Å². The first-order chi connectivity index (χ1) is 9.54. The Labute approximate surface area is 121 Å². The summed E-state index contributed by atoms with van der Waals surface area (Å²) in [5.41, 5.74) is 8.09. The van der Waals surface area contributed by atoms with E-state index in [1.165, 1.54) is 32.1 Å². The minimum Gasteiger partial charge on any atom is -0.394 e. The van der Waals surface area contributed by atoms with Crippen LogP contribution in [0.1, 0.15) is 37.8 Å². The number of rotatable bonds is 2. The van der Waals surface area contributed by atoms with Crippen molar-refractivity contribution < 1.29 is 0 Å². The fourth-order valence-electron chi connectivity index (χ4n) is 5.75. The number of nitrogen functional groups attached to an aromatic ring is 1. The molecule has 0 radical (unpaired) electrons. The summed E-state index contributed by atoms with van der Waals surface area (Å²) in [4.78, 5) is 2.46. The molecule has 0 aromatic carbocycles. The molecule has 4 nitrogen and oxygen atoms in total. The summed E-state index contributed by atoms with van der Waals surface area (Å²) >= 11 is 0. The lowest BCUT2D eigenvalue weighted by Crippen LogP contribution is -2.55. The Morgan fingerprint density at radius 2 is 1.65 bits per heavy atom. The van der Waals surface area contributed by atoms with Crippen molar-refractivity contribution in [3.05, 3.63) is 5.69 Å². The van der Waals surface area contributed by atoms with Crippen molar-refractivity contribution in [2.75, 3.05) is 17.7 Å². The van der Waals surface area contributed by atoms with Crippen molar-refractivity contribution in [2.45, 2.75) is 45.1 Å². The smallest absolute Gasteiger partial charge is 0.150 e. The van der Waals surface area contributed by atoms with Gasteiger partial charge in [0.2, 0.25) is 0 Å². The van der Waals surface area contributed by atoms with Crippen molar-refractivity contribution in [2.24, 2.45) is 30.7 Å². The zero-order valence-electron chi connectivity index (χ0n) is 12.8. The Balaban J connectivity index is 1.67. The second-order valence-corrected chi connectivity index (χ2v) is 7.48. The van der Waals surface area contributed by atoms with E-state index in [4.69, 9.17) is 5.73 Å². The molecule has 4 aliphatic carbocycles. The van der Waals surface area contributed by atoms with Crippen molar-refractivity contribution >= 4 is 11.5 Å². The molecule has 4 bridgehead atoms. The lowest BCUT2D eigenvalue weighted by molar-refractivity contribution is -0.00155. The minimum absolute atomic E-state index is 0.680. The molecule has 110 valence electrons. The number of aromatic nitrogens is 2. The summed E-state index contributed by atoms with van der Waals surface area (Å²) < 4.78 is 1.97.